The van der Waals surface area contributed by atoms with Crippen molar-refractivity contribution < 1.29 is 5.11 Å². The third-order valence-corrected chi connectivity index (χ3v) is 5.50. The van der Waals surface area contributed by atoms with Crippen molar-refractivity contribution in [1.29, 1.82) is 0 Å². The minimum Gasteiger partial charge on any atom is -0.386 e. The van der Waals surface area contributed by atoms with Gasteiger partial charge in [-0.1, -0.05) is 11.6 Å². The van der Waals surface area contributed by atoms with E-state index in [1.165, 1.54) is 11.3 Å². The number of aryl methyl sites for hydroxylation is 2. The summed E-state index contributed by atoms with van der Waals surface area (Å²) in [5, 5.41) is 17.6. The van der Waals surface area contributed by atoms with Crippen LogP contribution in [0.25, 0.3) is 0 Å². The van der Waals surface area contributed by atoms with Gasteiger partial charge in [-0.2, -0.15) is 0 Å². The van der Waals surface area contributed by atoms with Crippen molar-refractivity contribution in [2.75, 3.05) is 13.1 Å². The van der Waals surface area contributed by atoms with Crippen LogP contribution in [0.2, 0.25) is 4.34 Å². The highest BCUT2D eigenvalue weighted by atomic mass is 35.5. The number of aliphatic hydroxyl groups is 1. The van der Waals surface area contributed by atoms with Crippen molar-refractivity contribution >= 4 is 40.2 Å². The zero-order valence-electron chi connectivity index (χ0n) is 13.4. The molecule has 1 atom stereocenters. The molecule has 8 heteroatoms. The molecule has 0 amide bonds. The summed E-state index contributed by atoms with van der Waals surface area (Å²) >= 11 is 8.94. The number of hydrogen-bond donors (Lipinski definition) is 3. The summed E-state index contributed by atoms with van der Waals surface area (Å²) in [4.78, 5) is 11.0. The number of thiazole rings is 1. The molecule has 2 aromatic rings. The van der Waals surface area contributed by atoms with Crippen LogP contribution in [0.3, 0.4) is 0 Å². The lowest BCUT2D eigenvalue weighted by Crippen LogP contribution is -2.39. The Hall–Kier alpha value is -1.15. The topological polar surface area (TPSA) is 69.5 Å². The van der Waals surface area contributed by atoms with E-state index in [1.54, 1.807) is 17.4 Å². The highest BCUT2D eigenvalue weighted by molar-refractivity contribution is 7.16. The smallest absolute Gasteiger partial charge is 0.191 e. The lowest BCUT2D eigenvalue weighted by molar-refractivity contribution is 0.184. The number of nitrogens with one attached hydrogen (secondary N) is 2. The Morgan fingerprint density at radius 1 is 1.35 bits per heavy atom. The molecule has 2 rings (SSSR count). The molecule has 5 nitrogen and oxygen atoms in total. The van der Waals surface area contributed by atoms with Gasteiger partial charge < -0.3 is 15.7 Å². The number of rotatable bonds is 6. The molecule has 0 spiro atoms. The van der Waals surface area contributed by atoms with Crippen molar-refractivity contribution in [3.8, 4) is 0 Å². The van der Waals surface area contributed by atoms with Crippen LogP contribution >= 0.6 is 34.3 Å². The molecule has 2 aromatic heterocycles. The second-order valence-corrected chi connectivity index (χ2v) is 8.01. The molecular formula is C15H21ClN4OS2. The van der Waals surface area contributed by atoms with Crippen LogP contribution in [0, 0.1) is 13.8 Å². The number of halogens is 1. The maximum absolute atomic E-state index is 10.2. The average molecular weight is 373 g/mol. The first-order chi connectivity index (χ1) is 11.0. The van der Waals surface area contributed by atoms with Crippen LogP contribution in [0.5, 0.6) is 0 Å². The minimum atomic E-state index is -0.608. The van der Waals surface area contributed by atoms with Gasteiger partial charge in [-0.05, 0) is 32.9 Å². The molecule has 0 bridgehead atoms. The third-order valence-electron chi connectivity index (χ3n) is 3.11. The lowest BCUT2D eigenvalue weighted by Gasteiger charge is -2.14. The Morgan fingerprint density at radius 2 is 2.13 bits per heavy atom. The molecule has 0 aliphatic rings. The Bertz CT molecular complexity index is 668. The monoisotopic (exact) mass is 372 g/mol. The van der Waals surface area contributed by atoms with E-state index in [0.29, 0.717) is 23.4 Å². The predicted octanol–water partition coefficient (Wildman–Crippen LogP) is 3.26. The van der Waals surface area contributed by atoms with Crippen LogP contribution < -0.4 is 10.6 Å². The summed E-state index contributed by atoms with van der Waals surface area (Å²) in [6.45, 7) is 7.72. The van der Waals surface area contributed by atoms with Gasteiger partial charge in [-0.15, -0.1) is 22.7 Å². The summed E-state index contributed by atoms with van der Waals surface area (Å²) in [5.41, 5.74) is 1.03. The Balaban J connectivity index is 1.95. The zero-order chi connectivity index (χ0) is 16.8. The molecule has 126 valence electrons. The second-order valence-electron chi connectivity index (χ2n) is 4.98. The summed E-state index contributed by atoms with van der Waals surface area (Å²) < 4.78 is 0.677. The summed E-state index contributed by atoms with van der Waals surface area (Å²) in [6.07, 6.45) is -0.608. The normalized spacial score (nSPS) is 13.2. The number of aliphatic hydroxyl groups excluding tert-OH is 1. The number of aromatic nitrogens is 1. The van der Waals surface area contributed by atoms with Gasteiger partial charge in [0, 0.05) is 22.8 Å². The summed E-state index contributed by atoms with van der Waals surface area (Å²) in [5.74, 6) is 0.680. The van der Waals surface area contributed by atoms with Crippen LogP contribution in [0.4, 0.5) is 0 Å². The fourth-order valence-corrected chi connectivity index (χ4v) is 3.92. The number of thiophene rings is 1. The van der Waals surface area contributed by atoms with Gasteiger partial charge in [0.25, 0.3) is 0 Å². The average Bonchev–Trinajstić information content (AvgIpc) is 3.07. The Morgan fingerprint density at radius 3 is 2.70 bits per heavy atom. The number of nitrogens with zero attached hydrogens (tertiary/aromatic N) is 2. The maximum atomic E-state index is 10.2. The van der Waals surface area contributed by atoms with Gasteiger partial charge in [0.15, 0.2) is 5.96 Å². The fraction of sp³-hybridized carbons (Fsp3) is 0.467. The lowest BCUT2D eigenvalue weighted by atomic mass is 10.3. The van der Waals surface area contributed by atoms with Gasteiger partial charge >= 0.3 is 0 Å². The zero-order valence-corrected chi connectivity index (χ0v) is 15.8. The van der Waals surface area contributed by atoms with E-state index in [0.717, 1.165) is 27.0 Å². The first-order valence-corrected chi connectivity index (χ1v) is 9.39. The van der Waals surface area contributed by atoms with Gasteiger partial charge in [-0.3, -0.25) is 0 Å². The molecule has 0 saturated carbocycles. The van der Waals surface area contributed by atoms with Crippen molar-refractivity contribution in [2.45, 2.75) is 33.4 Å². The maximum Gasteiger partial charge on any atom is 0.191 e. The number of aliphatic imine (C=N–C) groups is 1. The van der Waals surface area contributed by atoms with E-state index in [4.69, 9.17) is 11.6 Å². The van der Waals surface area contributed by atoms with Crippen molar-refractivity contribution in [3.05, 3.63) is 36.9 Å². The molecule has 0 fully saturated rings. The fourth-order valence-electron chi connectivity index (χ4n) is 2.01. The SMILES string of the molecule is CCNC(=NCc1sc(C)nc1C)NCC(O)c1ccc(Cl)s1. The van der Waals surface area contributed by atoms with E-state index < -0.39 is 6.10 Å². The first kappa shape index (κ1) is 18.2. The summed E-state index contributed by atoms with van der Waals surface area (Å²) in [7, 11) is 0. The second kappa shape index (κ2) is 8.63. The van der Waals surface area contributed by atoms with E-state index in [9.17, 15) is 5.11 Å². The van der Waals surface area contributed by atoms with Gasteiger partial charge in [-0.25, -0.2) is 9.98 Å². The quantitative estimate of drug-likeness (QED) is 0.537. The van der Waals surface area contributed by atoms with Crippen LogP contribution in [0.1, 0.15) is 33.5 Å². The highest BCUT2D eigenvalue weighted by Crippen LogP contribution is 2.26. The molecule has 0 aliphatic heterocycles. The van der Waals surface area contributed by atoms with Gasteiger partial charge in [0.05, 0.1) is 21.6 Å². The van der Waals surface area contributed by atoms with E-state index >= 15 is 0 Å². The van der Waals surface area contributed by atoms with E-state index in [1.807, 2.05) is 26.8 Å². The van der Waals surface area contributed by atoms with Gasteiger partial charge in [0.1, 0.15) is 6.10 Å². The van der Waals surface area contributed by atoms with Crippen molar-refractivity contribution in [2.24, 2.45) is 4.99 Å². The van der Waals surface area contributed by atoms with Crippen molar-refractivity contribution in [3.63, 3.8) is 0 Å². The molecule has 2 heterocycles. The highest BCUT2D eigenvalue weighted by Gasteiger charge is 2.11. The van der Waals surface area contributed by atoms with Crippen LogP contribution in [-0.2, 0) is 6.54 Å². The molecule has 0 radical (unpaired) electrons. The van der Waals surface area contributed by atoms with E-state index in [-0.39, 0.29) is 0 Å². The molecule has 3 N–H and O–H groups in total. The van der Waals surface area contributed by atoms with E-state index in [2.05, 4.69) is 20.6 Å². The van der Waals surface area contributed by atoms with Gasteiger partial charge in [0.2, 0.25) is 0 Å². The molecule has 1 unspecified atom stereocenters. The Labute approximate surface area is 149 Å². The summed E-state index contributed by atoms with van der Waals surface area (Å²) in [6, 6.07) is 3.63. The number of guanidine groups is 1. The molecule has 0 saturated heterocycles. The molecule has 0 aliphatic carbocycles. The molecule has 23 heavy (non-hydrogen) atoms. The predicted molar refractivity (Wildman–Crippen MR) is 98.7 cm³/mol. The molecular weight excluding hydrogens is 352 g/mol. The largest absolute Gasteiger partial charge is 0.386 e. The third kappa shape index (κ3) is 5.46. The Kier molecular flexibility index (Phi) is 6.83. The van der Waals surface area contributed by atoms with Crippen molar-refractivity contribution in [1.82, 2.24) is 15.6 Å². The standard InChI is InChI=1S/C15H21ClN4OS2/c1-4-17-15(19-8-13-9(2)20-10(3)22-13)18-7-11(21)12-5-6-14(16)23-12/h5-6,11,21H,4,7-8H2,1-3H3,(H2,17,18,19). The van der Waals surface area contributed by atoms with Crippen LogP contribution in [0.15, 0.2) is 17.1 Å². The molecule has 0 aromatic carbocycles. The first-order valence-electron chi connectivity index (χ1n) is 7.38. The number of hydrogen-bond acceptors (Lipinski definition) is 5. The van der Waals surface area contributed by atoms with Crippen LogP contribution in [-0.4, -0.2) is 29.1 Å². The minimum absolute atomic E-state index is 0.378.